The molecule has 4 rings (SSSR count). The number of amides is 2. The highest BCUT2D eigenvalue weighted by Gasteiger charge is 2.25. The topological polar surface area (TPSA) is 98.2 Å². The van der Waals surface area contributed by atoms with Gasteiger partial charge in [-0.1, -0.05) is 16.8 Å². The van der Waals surface area contributed by atoms with Crippen molar-refractivity contribution < 1.29 is 14.1 Å². The molecule has 0 spiro atoms. The normalized spacial score (nSPS) is 13.6. The molecule has 2 aromatic heterocycles. The fraction of sp³-hybridized carbons (Fsp3) is 0.316. The molecule has 0 aliphatic heterocycles. The van der Waals surface area contributed by atoms with E-state index in [9.17, 15) is 9.59 Å². The molecule has 26 heavy (non-hydrogen) atoms. The second kappa shape index (κ2) is 6.57. The summed E-state index contributed by atoms with van der Waals surface area (Å²) in [6, 6.07) is 5.73. The molecule has 3 N–H and O–H groups in total. The van der Waals surface area contributed by atoms with Crippen molar-refractivity contribution >= 4 is 39.1 Å². The van der Waals surface area contributed by atoms with Crippen LogP contribution >= 0.6 is 11.3 Å². The summed E-state index contributed by atoms with van der Waals surface area (Å²) in [5, 5.41) is 8.27. The number of aromatic nitrogens is 1. The standard InChI is InChI=1S/C19H19N3O3S/c1-10-6-7-14-12(8-10)13(22-25-14)9-16(23)21-19-17(18(20)24)11-4-2-3-5-15(11)26-19/h6-8H,2-5,9H2,1H3,(H2,20,24)(H,21,23). The Morgan fingerprint density at radius 2 is 2.12 bits per heavy atom. The highest BCUT2D eigenvalue weighted by atomic mass is 32.1. The van der Waals surface area contributed by atoms with Crippen LogP contribution in [0.4, 0.5) is 5.00 Å². The number of primary amides is 1. The molecule has 0 saturated carbocycles. The van der Waals surface area contributed by atoms with Crippen LogP contribution in [0.3, 0.4) is 0 Å². The van der Waals surface area contributed by atoms with Crippen molar-refractivity contribution in [3.63, 3.8) is 0 Å². The summed E-state index contributed by atoms with van der Waals surface area (Å²) in [5.74, 6) is -0.718. The first-order valence-corrected chi connectivity index (χ1v) is 9.43. The van der Waals surface area contributed by atoms with Gasteiger partial charge in [-0.25, -0.2) is 0 Å². The molecule has 0 saturated heterocycles. The van der Waals surface area contributed by atoms with E-state index >= 15 is 0 Å². The lowest BCUT2D eigenvalue weighted by Crippen LogP contribution is -2.19. The van der Waals surface area contributed by atoms with Crippen LogP contribution in [0.25, 0.3) is 11.0 Å². The average Bonchev–Trinajstić information content (AvgIpc) is 3.15. The van der Waals surface area contributed by atoms with Gasteiger partial charge in [0.2, 0.25) is 5.91 Å². The molecule has 0 bridgehead atoms. The molecule has 0 fully saturated rings. The zero-order valence-electron chi connectivity index (χ0n) is 14.4. The number of aryl methyl sites for hydroxylation is 2. The lowest BCUT2D eigenvalue weighted by Gasteiger charge is -2.11. The van der Waals surface area contributed by atoms with E-state index in [1.807, 2.05) is 25.1 Å². The van der Waals surface area contributed by atoms with Gasteiger partial charge >= 0.3 is 0 Å². The lowest BCUT2D eigenvalue weighted by molar-refractivity contribution is -0.115. The highest BCUT2D eigenvalue weighted by molar-refractivity contribution is 7.17. The number of hydrogen-bond donors (Lipinski definition) is 2. The molecule has 6 nitrogen and oxygen atoms in total. The molecular formula is C19H19N3O3S. The molecule has 2 heterocycles. The molecule has 3 aromatic rings. The number of nitrogens with one attached hydrogen (secondary N) is 1. The van der Waals surface area contributed by atoms with Gasteiger partial charge in [-0.05, 0) is 50.3 Å². The molecule has 0 atom stereocenters. The zero-order valence-corrected chi connectivity index (χ0v) is 15.2. The summed E-state index contributed by atoms with van der Waals surface area (Å²) in [4.78, 5) is 25.6. The summed E-state index contributed by atoms with van der Waals surface area (Å²) < 4.78 is 5.28. The van der Waals surface area contributed by atoms with Crippen molar-refractivity contribution in [2.24, 2.45) is 5.73 Å². The smallest absolute Gasteiger partial charge is 0.251 e. The van der Waals surface area contributed by atoms with Gasteiger partial charge in [-0.3, -0.25) is 9.59 Å². The minimum atomic E-state index is -0.484. The van der Waals surface area contributed by atoms with E-state index in [4.69, 9.17) is 10.3 Å². The second-order valence-corrected chi connectivity index (χ2v) is 7.74. The monoisotopic (exact) mass is 369 g/mol. The number of carbonyl (C=O) groups is 2. The van der Waals surface area contributed by atoms with Crippen molar-refractivity contribution in [2.75, 3.05) is 5.32 Å². The first-order chi connectivity index (χ1) is 12.5. The van der Waals surface area contributed by atoms with E-state index in [0.717, 1.165) is 47.1 Å². The van der Waals surface area contributed by atoms with Crippen molar-refractivity contribution in [1.29, 1.82) is 0 Å². The highest BCUT2D eigenvalue weighted by Crippen LogP contribution is 2.38. The Kier molecular flexibility index (Phi) is 4.24. The first kappa shape index (κ1) is 16.8. The van der Waals surface area contributed by atoms with E-state index in [-0.39, 0.29) is 12.3 Å². The summed E-state index contributed by atoms with van der Waals surface area (Å²) in [7, 11) is 0. The van der Waals surface area contributed by atoms with Gasteiger partial charge in [0.05, 0.1) is 12.0 Å². The van der Waals surface area contributed by atoms with Crippen LogP contribution < -0.4 is 11.1 Å². The molecule has 1 aliphatic carbocycles. The van der Waals surface area contributed by atoms with E-state index in [1.54, 1.807) is 0 Å². The van der Waals surface area contributed by atoms with Gasteiger partial charge in [0.25, 0.3) is 5.91 Å². The van der Waals surface area contributed by atoms with Gasteiger partial charge in [0.15, 0.2) is 5.58 Å². The van der Waals surface area contributed by atoms with Crippen molar-refractivity contribution in [3.05, 3.63) is 45.5 Å². The third-order valence-electron chi connectivity index (χ3n) is 4.70. The zero-order chi connectivity index (χ0) is 18.3. The van der Waals surface area contributed by atoms with Crippen molar-refractivity contribution in [1.82, 2.24) is 5.16 Å². The summed E-state index contributed by atoms with van der Waals surface area (Å²) in [6.07, 6.45) is 4.00. The van der Waals surface area contributed by atoms with Crippen LogP contribution in [0.15, 0.2) is 22.7 Å². The molecule has 1 aromatic carbocycles. The van der Waals surface area contributed by atoms with Gasteiger partial charge in [-0.2, -0.15) is 0 Å². The second-order valence-electron chi connectivity index (χ2n) is 6.63. The number of anilines is 1. The maximum atomic E-state index is 12.6. The summed E-state index contributed by atoms with van der Waals surface area (Å²) in [6.45, 7) is 1.98. The molecule has 1 aliphatic rings. The maximum absolute atomic E-state index is 12.6. The molecular weight excluding hydrogens is 350 g/mol. The van der Waals surface area contributed by atoms with Gasteiger partial charge in [0.1, 0.15) is 10.7 Å². The van der Waals surface area contributed by atoms with Crippen LogP contribution in [-0.2, 0) is 24.1 Å². The van der Waals surface area contributed by atoms with Crippen LogP contribution in [0.5, 0.6) is 0 Å². The fourth-order valence-electron chi connectivity index (χ4n) is 3.47. The van der Waals surface area contributed by atoms with Gasteiger partial charge < -0.3 is 15.6 Å². The maximum Gasteiger partial charge on any atom is 0.251 e. The number of benzene rings is 1. The molecule has 0 unspecified atom stereocenters. The third kappa shape index (κ3) is 2.99. The quantitative estimate of drug-likeness (QED) is 0.737. The molecule has 134 valence electrons. The minimum absolute atomic E-state index is 0.0806. The fourth-order valence-corrected chi connectivity index (χ4v) is 4.78. The molecule has 7 heteroatoms. The Morgan fingerprint density at radius 1 is 1.31 bits per heavy atom. The van der Waals surface area contributed by atoms with E-state index in [0.29, 0.717) is 21.8 Å². The Hall–Kier alpha value is -2.67. The number of rotatable bonds is 4. The summed E-state index contributed by atoms with van der Waals surface area (Å²) in [5.41, 5.74) is 9.37. The molecule has 0 radical (unpaired) electrons. The average molecular weight is 369 g/mol. The first-order valence-electron chi connectivity index (χ1n) is 8.62. The number of nitrogens with two attached hydrogens (primary N) is 1. The Morgan fingerprint density at radius 3 is 2.92 bits per heavy atom. The molecule has 2 amide bonds. The number of hydrogen-bond acceptors (Lipinski definition) is 5. The van der Waals surface area contributed by atoms with Crippen molar-refractivity contribution in [2.45, 2.75) is 39.0 Å². The SMILES string of the molecule is Cc1ccc2onc(CC(=O)Nc3sc4c(c3C(N)=O)CCCC4)c2c1. The van der Waals surface area contributed by atoms with Crippen molar-refractivity contribution in [3.8, 4) is 0 Å². The number of fused-ring (bicyclic) bond motifs is 2. The van der Waals surface area contributed by atoms with Gasteiger partial charge in [0, 0.05) is 10.3 Å². The lowest BCUT2D eigenvalue weighted by atomic mass is 9.95. The van der Waals surface area contributed by atoms with E-state index in [1.165, 1.54) is 11.3 Å². The predicted molar refractivity (Wildman–Crippen MR) is 101 cm³/mol. The Labute approximate surface area is 154 Å². The Balaban J connectivity index is 1.59. The van der Waals surface area contributed by atoms with Crippen LogP contribution in [0, 0.1) is 6.92 Å². The van der Waals surface area contributed by atoms with Crippen LogP contribution in [0.2, 0.25) is 0 Å². The predicted octanol–water partition coefficient (Wildman–Crippen LogP) is 3.36. The van der Waals surface area contributed by atoms with Gasteiger partial charge in [-0.15, -0.1) is 11.3 Å². The number of carbonyl (C=O) groups excluding carboxylic acids is 2. The largest absolute Gasteiger partial charge is 0.365 e. The third-order valence-corrected chi connectivity index (χ3v) is 5.91. The number of nitrogens with zero attached hydrogens (tertiary/aromatic N) is 1. The Bertz CT molecular complexity index is 1020. The van der Waals surface area contributed by atoms with Crippen LogP contribution in [-0.4, -0.2) is 17.0 Å². The number of thiophene rings is 1. The van der Waals surface area contributed by atoms with E-state index in [2.05, 4.69) is 10.5 Å². The van der Waals surface area contributed by atoms with Crippen LogP contribution in [0.1, 0.15) is 44.9 Å². The van der Waals surface area contributed by atoms with E-state index < -0.39 is 5.91 Å². The summed E-state index contributed by atoms with van der Waals surface area (Å²) >= 11 is 1.46. The minimum Gasteiger partial charge on any atom is -0.365 e.